The Morgan fingerprint density at radius 2 is 1.75 bits per heavy atom. The van der Waals surface area contributed by atoms with Gasteiger partial charge in [0.1, 0.15) is 18.1 Å². The van der Waals surface area contributed by atoms with E-state index in [1.54, 1.807) is 28.9 Å². The highest BCUT2D eigenvalue weighted by Gasteiger charge is 2.23. The SMILES string of the molecule is CCCCN(CC(=O)Nc1cc(C(C)(C)C)nn1-c1ccc(C)cc1)C(=O)COc1ccc(Cl)cc1. The summed E-state index contributed by atoms with van der Waals surface area (Å²) in [6.07, 6.45) is 1.69. The Labute approximate surface area is 218 Å². The van der Waals surface area contributed by atoms with Gasteiger partial charge in [-0.2, -0.15) is 5.10 Å². The molecule has 192 valence electrons. The second kappa shape index (κ2) is 12.1. The number of aryl methyl sites for hydroxylation is 1. The summed E-state index contributed by atoms with van der Waals surface area (Å²) in [4.78, 5) is 27.5. The van der Waals surface area contributed by atoms with E-state index in [1.807, 2.05) is 44.2 Å². The number of rotatable bonds is 10. The van der Waals surface area contributed by atoms with Gasteiger partial charge < -0.3 is 15.0 Å². The van der Waals surface area contributed by atoms with Crippen molar-refractivity contribution in [3.05, 3.63) is 70.9 Å². The predicted octanol–water partition coefficient (Wildman–Crippen LogP) is 5.78. The van der Waals surface area contributed by atoms with E-state index in [0.29, 0.717) is 23.1 Å². The van der Waals surface area contributed by atoms with Gasteiger partial charge in [-0.05, 0) is 49.7 Å². The van der Waals surface area contributed by atoms with Crippen LogP contribution in [0, 0.1) is 6.92 Å². The number of unbranched alkanes of at least 4 members (excludes halogenated alkanes) is 1. The summed E-state index contributed by atoms with van der Waals surface area (Å²) in [5.74, 6) is 0.564. The molecule has 0 aliphatic rings. The van der Waals surface area contributed by atoms with Crippen LogP contribution in [-0.2, 0) is 15.0 Å². The van der Waals surface area contributed by atoms with Crippen molar-refractivity contribution in [2.24, 2.45) is 0 Å². The van der Waals surface area contributed by atoms with E-state index in [4.69, 9.17) is 21.4 Å². The number of ether oxygens (including phenoxy) is 1. The van der Waals surface area contributed by atoms with Crippen molar-refractivity contribution in [1.82, 2.24) is 14.7 Å². The largest absolute Gasteiger partial charge is 0.484 e. The molecule has 3 rings (SSSR count). The fraction of sp³-hybridized carbons (Fsp3) is 0.393. The monoisotopic (exact) mass is 510 g/mol. The van der Waals surface area contributed by atoms with Crippen molar-refractivity contribution in [2.45, 2.75) is 52.9 Å². The van der Waals surface area contributed by atoms with Gasteiger partial charge in [-0.3, -0.25) is 9.59 Å². The molecule has 0 unspecified atom stereocenters. The van der Waals surface area contributed by atoms with Crippen molar-refractivity contribution in [3.63, 3.8) is 0 Å². The minimum atomic E-state index is -0.292. The van der Waals surface area contributed by atoms with Crippen molar-refractivity contribution in [2.75, 3.05) is 25.0 Å². The van der Waals surface area contributed by atoms with Gasteiger partial charge in [-0.1, -0.05) is 63.4 Å². The minimum Gasteiger partial charge on any atom is -0.484 e. The fourth-order valence-corrected chi connectivity index (χ4v) is 3.61. The minimum absolute atomic E-state index is 0.0766. The van der Waals surface area contributed by atoms with Crippen molar-refractivity contribution < 1.29 is 14.3 Å². The summed E-state index contributed by atoms with van der Waals surface area (Å²) in [6.45, 7) is 10.5. The molecule has 0 aliphatic heterocycles. The molecule has 0 aliphatic carbocycles. The standard InChI is InChI=1S/C28H35ClN4O3/c1-6-7-16-32(27(35)19-36-23-14-10-21(29)11-15-23)18-26(34)30-25-17-24(28(3,4)5)31-33(25)22-12-8-20(2)9-13-22/h8-15,17H,6-7,16,18-19H2,1-5H3,(H,30,34). The summed E-state index contributed by atoms with van der Waals surface area (Å²) >= 11 is 5.91. The molecule has 0 saturated carbocycles. The zero-order chi connectivity index (χ0) is 26.3. The smallest absolute Gasteiger partial charge is 0.260 e. The first kappa shape index (κ1) is 27.3. The lowest BCUT2D eigenvalue weighted by Gasteiger charge is -2.22. The lowest BCUT2D eigenvalue weighted by atomic mass is 9.92. The third-order valence-corrected chi connectivity index (χ3v) is 5.92. The molecule has 0 saturated heterocycles. The molecule has 0 atom stereocenters. The third-order valence-electron chi connectivity index (χ3n) is 5.67. The van der Waals surface area contributed by atoms with E-state index in [-0.39, 0.29) is 30.4 Å². The van der Waals surface area contributed by atoms with Crippen LogP contribution >= 0.6 is 11.6 Å². The first-order valence-electron chi connectivity index (χ1n) is 12.2. The average Bonchev–Trinajstić information content (AvgIpc) is 3.26. The van der Waals surface area contributed by atoms with Gasteiger partial charge in [-0.15, -0.1) is 0 Å². The van der Waals surface area contributed by atoms with E-state index in [2.05, 4.69) is 26.1 Å². The normalized spacial score (nSPS) is 11.3. The second-order valence-corrected chi connectivity index (χ2v) is 10.3. The number of aromatic nitrogens is 2. The Kier molecular flexibility index (Phi) is 9.15. The molecule has 7 nitrogen and oxygen atoms in total. The number of hydrogen-bond donors (Lipinski definition) is 1. The molecular formula is C28H35ClN4O3. The van der Waals surface area contributed by atoms with E-state index >= 15 is 0 Å². The van der Waals surface area contributed by atoms with Crippen molar-refractivity contribution in [1.29, 1.82) is 0 Å². The molecule has 3 aromatic rings. The van der Waals surface area contributed by atoms with Crippen LogP contribution in [0.15, 0.2) is 54.6 Å². The maximum absolute atomic E-state index is 13.1. The number of amides is 2. The number of nitrogens with one attached hydrogen (secondary N) is 1. The van der Waals surface area contributed by atoms with Crippen LogP contribution in [0.2, 0.25) is 5.02 Å². The van der Waals surface area contributed by atoms with Crippen LogP contribution in [0.5, 0.6) is 5.75 Å². The van der Waals surface area contributed by atoms with Crippen LogP contribution in [0.3, 0.4) is 0 Å². The number of halogens is 1. The van der Waals surface area contributed by atoms with Crippen LogP contribution in [-0.4, -0.2) is 46.2 Å². The van der Waals surface area contributed by atoms with Gasteiger partial charge in [0.25, 0.3) is 5.91 Å². The average molecular weight is 511 g/mol. The van der Waals surface area contributed by atoms with Gasteiger partial charge in [0, 0.05) is 23.0 Å². The molecule has 2 amide bonds. The van der Waals surface area contributed by atoms with Crippen molar-refractivity contribution >= 4 is 29.2 Å². The third kappa shape index (κ3) is 7.59. The van der Waals surface area contributed by atoms with E-state index in [1.165, 1.54) is 4.90 Å². The van der Waals surface area contributed by atoms with Gasteiger partial charge in [0.15, 0.2) is 6.61 Å². The second-order valence-electron chi connectivity index (χ2n) is 9.87. The predicted molar refractivity (Wildman–Crippen MR) is 144 cm³/mol. The Morgan fingerprint density at radius 3 is 2.36 bits per heavy atom. The summed E-state index contributed by atoms with van der Waals surface area (Å²) in [5.41, 5.74) is 2.64. The summed E-state index contributed by atoms with van der Waals surface area (Å²) in [7, 11) is 0. The highest BCUT2D eigenvalue weighted by Crippen LogP contribution is 2.26. The number of carbonyl (C=O) groups excluding carboxylic acids is 2. The molecule has 36 heavy (non-hydrogen) atoms. The number of hydrogen-bond acceptors (Lipinski definition) is 4. The number of nitrogens with zero attached hydrogens (tertiary/aromatic N) is 3. The topological polar surface area (TPSA) is 76.5 Å². The quantitative estimate of drug-likeness (QED) is 0.375. The maximum atomic E-state index is 13.1. The van der Waals surface area contributed by atoms with Crippen LogP contribution in [0.4, 0.5) is 5.82 Å². The molecule has 0 fully saturated rings. The zero-order valence-corrected chi connectivity index (χ0v) is 22.4. The lowest BCUT2D eigenvalue weighted by molar-refractivity contribution is -0.136. The van der Waals surface area contributed by atoms with E-state index in [9.17, 15) is 9.59 Å². The van der Waals surface area contributed by atoms with Crippen molar-refractivity contribution in [3.8, 4) is 11.4 Å². The number of carbonyl (C=O) groups is 2. The molecule has 1 heterocycles. The van der Waals surface area contributed by atoms with Crippen LogP contribution in [0.1, 0.15) is 51.8 Å². The Balaban J connectivity index is 1.74. The highest BCUT2D eigenvalue weighted by atomic mass is 35.5. The van der Waals surface area contributed by atoms with Gasteiger partial charge in [0.05, 0.1) is 11.4 Å². The first-order chi connectivity index (χ1) is 17.1. The van der Waals surface area contributed by atoms with E-state index in [0.717, 1.165) is 29.8 Å². The summed E-state index contributed by atoms with van der Waals surface area (Å²) in [6, 6.07) is 16.6. The Bertz CT molecular complexity index is 1170. The molecule has 8 heteroatoms. The fourth-order valence-electron chi connectivity index (χ4n) is 3.48. The van der Waals surface area contributed by atoms with Gasteiger partial charge >= 0.3 is 0 Å². The zero-order valence-electron chi connectivity index (χ0n) is 21.7. The van der Waals surface area contributed by atoms with Crippen LogP contribution < -0.4 is 10.1 Å². The maximum Gasteiger partial charge on any atom is 0.260 e. The molecule has 1 aromatic heterocycles. The lowest BCUT2D eigenvalue weighted by Crippen LogP contribution is -2.41. The number of benzene rings is 2. The highest BCUT2D eigenvalue weighted by molar-refractivity contribution is 6.30. The molecule has 2 aromatic carbocycles. The summed E-state index contributed by atoms with van der Waals surface area (Å²) in [5, 5.41) is 8.32. The Morgan fingerprint density at radius 1 is 1.08 bits per heavy atom. The molecular weight excluding hydrogens is 476 g/mol. The Hall–Kier alpha value is -3.32. The molecule has 1 N–H and O–H groups in total. The number of anilines is 1. The molecule has 0 spiro atoms. The summed E-state index contributed by atoms with van der Waals surface area (Å²) < 4.78 is 7.35. The molecule has 0 radical (unpaired) electrons. The van der Waals surface area contributed by atoms with Gasteiger partial charge in [0.2, 0.25) is 5.91 Å². The van der Waals surface area contributed by atoms with Crippen LogP contribution in [0.25, 0.3) is 5.69 Å². The van der Waals surface area contributed by atoms with Gasteiger partial charge in [-0.25, -0.2) is 4.68 Å². The molecule has 0 bridgehead atoms. The first-order valence-corrected chi connectivity index (χ1v) is 12.6. The van der Waals surface area contributed by atoms with E-state index < -0.39 is 0 Å².